The highest BCUT2D eigenvalue weighted by Crippen LogP contribution is 2.20. The fraction of sp³-hybridized carbons (Fsp3) is 0.400. The maximum absolute atomic E-state index is 5.75. The first-order chi connectivity index (χ1) is 9.35. The molecule has 0 amide bonds. The van der Waals surface area contributed by atoms with E-state index in [-0.39, 0.29) is 0 Å². The number of benzene rings is 1. The predicted octanol–water partition coefficient (Wildman–Crippen LogP) is 2.65. The Kier molecular flexibility index (Phi) is 3.40. The van der Waals surface area contributed by atoms with Gasteiger partial charge in [-0.1, -0.05) is 18.2 Å². The largest absolute Gasteiger partial charge is 0.459 e. The van der Waals surface area contributed by atoms with E-state index in [1.165, 1.54) is 12.8 Å². The zero-order chi connectivity index (χ0) is 13.1. The summed E-state index contributed by atoms with van der Waals surface area (Å²) in [5.41, 5.74) is 0.924. The number of guanidine groups is 1. The van der Waals surface area contributed by atoms with Gasteiger partial charge >= 0.3 is 0 Å². The normalized spacial score (nSPS) is 15.7. The first-order valence-electron chi connectivity index (χ1n) is 6.87. The molecular weight excluding hydrogens is 238 g/mol. The molecule has 0 spiro atoms. The molecule has 1 saturated carbocycles. The maximum atomic E-state index is 5.75. The predicted molar refractivity (Wildman–Crippen MR) is 77.2 cm³/mol. The van der Waals surface area contributed by atoms with Crippen LogP contribution in [0.4, 0.5) is 0 Å². The number of nitrogens with zero attached hydrogens (tertiary/aromatic N) is 1. The molecule has 1 heterocycles. The van der Waals surface area contributed by atoms with Crippen LogP contribution in [0.25, 0.3) is 11.0 Å². The fourth-order valence-corrected chi connectivity index (χ4v) is 2.01. The molecule has 1 aromatic heterocycles. The van der Waals surface area contributed by atoms with Gasteiger partial charge in [-0.05, 0) is 31.9 Å². The van der Waals surface area contributed by atoms with Gasteiger partial charge in [0, 0.05) is 18.0 Å². The second kappa shape index (κ2) is 5.34. The van der Waals surface area contributed by atoms with E-state index in [0.717, 1.165) is 29.2 Å². The Hall–Kier alpha value is -1.97. The Balaban J connectivity index is 1.71. The Labute approximate surface area is 112 Å². The molecule has 2 N–H and O–H groups in total. The van der Waals surface area contributed by atoms with Gasteiger partial charge in [-0.2, -0.15) is 0 Å². The lowest BCUT2D eigenvalue weighted by molar-refractivity contribution is 0.551. The van der Waals surface area contributed by atoms with Crippen molar-refractivity contribution < 1.29 is 4.42 Å². The van der Waals surface area contributed by atoms with Gasteiger partial charge in [0.2, 0.25) is 0 Å². The van der Waals surface area contributed by atoms with E-state index in [1.54, 1.807) is 0 Å². The molecule has 0 atom stereocenters. The molecule has 0 radical (unpaired) electrons. The third kappa shape index (κ3) is 3.08. The molecule has 4 heteroatoms. The van der Waals surface area contributed by atoms with Crippen molar-refractivity contribution in [1.82, 2.24) is 10.6 Å². The van der Waals surface area contributed by atoms with Gasteiger partial charge in [0.15, 0.2) is 5.96 Å². The van der Waals surface area contributed by atoms with Crippen molar-refractivity contribution in [1.29, 1.82) is 0 Å². The van der Waals surface area contributed by atoms with Crippen LogP contribution in [0.1, 0.15) is 25.5 Å². The highest BCUT2D eigenvalue weighted by atomic mass is 16.3. The molecule has 1 fully saturated rings. The van der Waals surface area contributed by atoms with E-state index >= 15 is 0 Å². The van der Waals surface area contributed by atoms with Crippen molar-refractivity contribution in [3.05, 3.63) is 36.1 Å². The Morgan fingerprint density at radius 2 is 2.21 bits per heavy atom. The molecule has 19 heavy (non-hydrogen) atoms. The molecule has 1 aromatic carbocycles. The topological polar surface area (TPSA) is 49.6 Å². The van der Waals surface area contributed by atoms with Crippen molar-refractivity contribution in [3.8, 4) is 0 Å². The van der Waals surface area contributed by atoms with Crippen LogP contribution >= 0.6 is 0 Å². The van der Waals surface area contributed by atoms with Gasteiger partial charge in [-0.15, -0.1) is 0 Å². The average molecular weight is 257 g/mol. The first kappa shape index (κ1) is 12.1. The number of furan rings is 1. The highest BCUT2D eigenvalue weighted by molar-refractivity contribution is 5.80. The Morgan fingerprint density at radius 3 is 2.95 bits per heavy atom. The minimum atomic E-state index is 0.566. The van der Waals surface area contributed by atoms with E-state index in [0.29, 0.717) is 12.6 Å². The lowest BCUT2D eigenvalue weighted by atomic mass is 10.2. The zero-order valence-electron chi connectivity index (χ0n) is 11.1. The summed E-state index contributed by atoms with van der Waals surface area (Å²) in [6.07, 6.45) is 2.49. The van der Waals surface area contributed by atoms with Crippen molar-refractivity contribution in [2.75, 3.05) is 6.54 Å². The van der Waals surface area contributed by atoms with Gasteiger partial charge in [0.1, 0.15) is 17.9 Å². The molecule has 0 saturated heterocycles. The minimum Gasteiger partial charge on any atom is -0.459 e. The summed E-state index contributed by atoms with van der Waals surface area (Å²) in [6.45, 7) is 3.51. The summed E-state index contributed by atoms with van der Waals surface area (Å²) in [4.78, 5) is 4.56. The summed E-state index contributed by atoms with van der Waals surface area (Å²) < 4.78 is 5.75. The van der Waals surface area contributed by atoms with Gasteiger partial charge in [0.25, 0.3) is 0 Å². The Bertz CT molecular complexity index is 551. The van der Waals surface area contributed by atoms with E-state index in [2.05, 4.69) is 34.7 Å². The van der Waals surface area contributed by atoms with Crippen molar-refractivity contribution in [2.45, 2.75) is 32.4 Å². The molecule has 2 aromatic rings. The van der Waals surface area contributed by atoms with E-state index in [9.17, 15) is 0 Å². The standard InChI is InChI=1S/C15H19N3O/c1-2-16-15(18-12-7-8-12)17-10-13-9-11-5-3-4-6-14(11)19-13/h3-6,9,12H,2,7-8,10H2,1H3,(H2,16,17,18). The van der Waals surface area contributed by atoms with E-state index in [4.69, 9.17) is 4.42 Å². The SMILES string of the molecule is CCNC(=NCc1cc2ccccc2o1)NC1CC1. The monoisotopic (exact) mass is 257 g/mol. The van der Waals surface area contributed by atoms with Crippen molar-refractivity contribution in [2.24, 2.45) is 4.99 Å². The summed E-state index contributed by atoms with van der Waals surface area (Å²) in [7, 11) is 0. The summed E-state index contributed by atoms with van der Waals surface area (Å²) >= 11 is 0. The van der Waals surface area contributed by atoms with E-state index < -0.39 is 0 Å². The number of rotatable bonds is 4. The molecule has 0 aliphatic heterocycles. The average Bonchev–Trinajstić information content (AvgIpc) is 3.13. The van der Waals surface area contributed by atoms with Crippen LogP contribution in [0.15, 0.2) is 39.7 Å². The van der Waals surface area contributed by atoms with Crippen LogP contribution in [0.5, 0.6) is 0 Å². The van der Waals surface area contributed by atoms with Crippen LogP contribution in [0.2, 0.25) is 0 Å². The van der Waals surface area contributed by atoms with E-state index in [1.807, 2.05) is 18.2 Å². The number of nitrogens with one attached hydrogen (secondary N) is 2. The van der Waals surface area contributed by atoms with Crippen LogP contribution in [0.3, 0.4) is 0 Å². The smallest absolute Gasteiger partial charge is 0.191 e. The maximum Gasteiger partial charge on any atom is 0.191 e. The first-order valence-corrected chi connectivity index (χ1v) is 6.87. The van der Waals surface area contributed by atoms with Gasteiger partial charge < -0.3 is 15.1 Å². The summed E-state index contributed by atoms with van der Waals surface area (Å²) in [5.74, 6) is 1.78. The minimum absolute atomic E-state index is 0.566. The van der Waals surface area contributed by atoms with Gasteiger partial charge in [-0.3, -0.25) is 0 Å². The van der Waals surface area contributed by atoms with Crippen LogP contribution < -0.4 is 10.6 Å². The molecule has 0 unspecified atom stereocenters. The van der Waals surface area contributed by atoms with Crippen LogP contribution in [-0.2, 0) is 6.54 Å². The third-order valence-electron chi connectivity index (χ3n) is 3.13. The van der Waals surface area contributed by atoms with Gasteiger partial charge in [0.05, 0.1) is 0 Å². The lowest BCUT2D eigenvalue weighted by Crippen LogP contribution is -2.38. The third-order valence-corrected chi connectivity index (χ3v) is 3.13. The fourth-order valence-electron chi connectivity index (χ4n) is 2.01. The molecule has 1 aliphatic rings. The Morgan fingerprint density at radius 1 is 1.37 bits per heavy atom. The summed E-state index contributed by atoms with van der Waals surface area (Å²) in [5, 5.41) is 7.78. The molecule has 3 rings (SSSR count). The molecule has 0 bridgehead atoms. The van der Waals surface area contributed by atoms with Crippen molar-refractivity contribution in [3.63, 3.8) is 0 Å². The number of fused-ring (bicyclic) bond motifs is 1. The summed E-state index contributed by atoms with van der Waals surface area (Å²) in [6, 6.07) is 10.7. The van der Waals surface area contributed by atoms with Crippen molar-refractivity contribution >= 4 is 16.9 Å². The molecular formula is C15H19N3O. The number of para-hydroxylation sites is 1. The zero-order valence-corrected chi connectivity index (χ0v) is 11.1. The lowest BCUT2D eigenvalue weighted by Gasteiger charge is -2.09. The van der Waals surface area contributed by atoms with Crippen LogP contribution in [-0.4, -0.2) is 18.5 Å². The molecule has 4 nitrogen and oxygen atoms in total. The molecule has 1 aliphatic carbocycles. The highest BCUT2D eigenvalue weighted by Gasteiger charge is 2.22. The molecule has 100 valence electrons. The number of aliphatic imine (C=N–C) groups is 1. The second-order valence-electron chi connectivity index (χ2n) is 4.86. The number of hydrogen-bond acceptors (Lipinski definition) is 2. The second-order valence-corrected chi connectivity index (χ2v) is 4.86. The number of hydrogen-bond donors (Lipinski definition) is 2. The quantitative estimate of drug-likeness (QED) is 0.654. The van der Waals surface area contributed by atoms with Crippen LogP contribution in [0, 0.1) is 0 Å². The van der Waals surface area contributed by atoms with Gasteiger partial charge in [-0.25, -0.2) is 4.99 Å².